The molecule has 0 amide bonds. The van der Waals surface area contributed by atoms with Crippen LogP contribution in [0.1, 0.15) is 10.6 Å². The molecular formula is C5H6CuO2Si. The van der Waals surface area contributed by atoms with Gasteiger partial charge in [-0.25, -0.2) is 0 Å². The predicted octanol–water partition coefficient (Wildman–Crippen LogP) is -0.217. The number of carbonyl (C=O) groups excluding carboxylic acids is 1. The summed E-state index contributed by atoms with van der Waals surface area (Å²) in [6.45, 7) is 0. The first-order valence-corrected chi connectivity index (χ1v) is 3.35. The zero-order chi connectivity index (χ0) is 5.98. The number of hydrogen-bond donors (Lipinski definition) is 0. The normalized spacial score (nSPS) is 8.44. The van der Waals surface area contributed by atoms with Gasteiger partial charge in [0.05, 0.1) is 16.5 Å². The van der Waals surface area contributed by atoms with E-state index in [4.69, 9.17) is 4.42 Å². The molecule has 0 N–H and O–H groups in total. The van der Waals surface area contributed by atoms with Crippen molar-refractivity contribution in [3.05, 3.63) is 24.2 Å². The second-order valence-corrected chi connectivity index (χ2v) is 2.44. The maximum atomic E-state index is 10.5. The van der Waals surface area contributed by atoms with Crippen LogP contribution in [0.15, 0.2) is 22.8 Å². The van der Waals surface area contributed by atoms with E-state index < -0.39 is 0 Å². The van der Waals surface area contributed by atoms with Gasteiger partial charge < -0.3 is 4.42 Å². The third kappa shape index (κ3) is 2.18. The maximum Gasteiger partial charge on any atom is 0.163 e. The van der Waals surface area contributed by atoms with E-state index in [1.54, 1.807) is 12.1 Å². The van der Waals surface area contributed by atoms with Gasteiger partial charge in [-0.2, -0.15) is 0 Å². The topological polar surface area (TPSA) is 30.2 Å². The van der Waals surface area contributed by atoms with Crippen molar-refractivity contribution < 1.29 is 26.3 Å². The molecule has 0 bridgehead atoms. The van der Waals surface area contributed by atoms with Crippen LogP contribution in [0.3, 0.4) is 0 Å². The maximum absolute atomic E-state index is 10.5. The number of furan rings is 1. The third-order valence-corrected chi connectivity index (χ3v) is 1.36. The van der Waals surface area contributed by atoms with Gasteiger partial charge in [0.2, 0.25) is 0 Å². The van der Waals surface area contributed by atoms with E-state index in [1.165, 1.54) is 6.26 Å². The second kappa shape index (κ2) is 3.66. The van der Waals surface area contributed by atoms with E-state index in [-0.39, 0.29) is 22.5 Å². The third-order valence-electron chi connectivity index (χ3n) is 0.868. The van der Waals surface area contributed by atoms with Crippen LogP contribution in [-0.4, -0.2) is 15.6 Å². The molecule has 0 aliphatic heterocycles. The molecule has 0 saturated carbocycles. The first-order valence-electron chi connectivity index (χ1n) is 2.35. The van der Waals surface area contributed by atoms with Gasteiger partial charge in [0.15, 0.2) is 11.2 Å². The number of rotatable bonds is 1. The molecule has 9 heavy (non-hydrogen) atoms. The van der Waals surface area contributed by atoms with Crippen LogP contribution in [0.4, 0.5) is 0 Å². The van der Waals surface area contributed by atoms with E-state index in [2.05, 4.69) is 0 Å². The van der Waals surface area contributed by atoms with Crippen molar-refractivity contribution in [1.29, 1.82) is 0 Å². The summed E-state index contributed by atoms with van der Waals surface area (Å²) in [5.74, 6) is 0.483. The molecule has 0 spiro atoms. The van der Waals surface area contributed by atoms with Crippen LogP contribution in [0, 0.1) is 0 Å². The van der Waals surface area contributed by atoms with Gasteiger partial charge in [0.25, 0.3) is 0 Å². The number of hydrogen-bond acceptors (Lipinski definition) is 2. The summed E-state index contributed by atoms with van der Waals surface area (Å²) in [6.07, 6.45) is 1.51. The Morgan fingerprint density at radius 3 is 2.56 bits per heavy atom. The van der Waals surface area contributed by atoms with Crippen LogP contribution in [0.5, 0.6) is 0 Å². The molecule has 0 aromatic carbocycles. The number of carbonyl (C=O) groups is 1. The minimum atomic E-state index is 0. The predicted molar refractivity (Wildman–Crippen MR) is 33.0 cm³/mol. The van der Waals surface area contributed by atoms with Gasteiger partial charge in [-0.1, -0.05) is 0 Å². The first-order chi connectivity index (χ1) is 3.80. The Labute approximate surface area is 66.5 Å². The summed E-state index contributed by atoms with van der Waals surface area (Å²) in [5, 5.41) is 0.106. The molecule has 0 aliphatic rings. The molecule has 2 nitrogen and oxygen atoms in total. The molecule has 0 saturated heterocycles. The molecule has 4 heteroatoms. The molecule has 0 aliphatic carbocycles. The summed E-state index contributed by atoms with van der Waals surface area (Å²) in [6, 6.07) is 3.39. The molecular weight excluding hydrogens is 184 g/mol. The Kier molecular flexibility index (Phi) is 3.53. The van der Waals surface area contributed by atoms with Crippen LogP contribution in [-0.2, 0) is 17.1 Å². The van der Waals surface area contributed by atoms with E-state index in [1.807, 2.05) is 0 Å². The molecule has 1 aromatic rings. The van der Waals surface area contributed by atoms with Crippen molar-refractivity contribution in [2.75, 3.05) is 0 Å². The van der Waals surface area contributed by atoms with E-state index in [0.29, 0.717) is 16.0 Å². The van der Waals surface area contributed by atoms with Crippen molar-refractivity contribution in [2.24, 2.45) is 0 Å². The summed E-state index contributed by atoms with van der Waals surface area (Å²) in [5.41, 5.74) is 0. The zero-order valence-electron chi connectivity index (χ0n) is 4.85. The summed E-state index contributed by atoms with van der Waals surface area (Å²) >= 11 is 0. The summed E-state index contributed by atoms with van der Waals surface area (Å²) in [4.78, 5) is 10.5. The Bertz CT molecular complexity index is 183. The molecule has 0 unspecified atom stereocenters. The van der Waals surface area contributed by atoms with E-state index in [9.17, 15) is 4.79 Å². The van der Waals surface area contributed by atoms with Crippen molar-refractivity contribution in [3.63, 3.8) is 0 Å². The Balaban J connectivity index is 0.000000640. The van der Waals surface area contributed by atoms with Crippen LogP contribution in [0.25, 0.3) is 0 Å². The second-order valence-electron chi connectivity index (χ2n) is 1.53. The van der Waals surface area contributed by atoms with Gasteiger partial charge in [-0.15, -0.1) is 0 Å². The average Bonchev–Trinajstić information content (AvgIpc) is 2.12. The average molecular weight is 190 g/mol. The smallest absolute Gasteiger partial charge is 0.163 e. The van der Waals surface area contributed by atoms with Gasteiger partial charge in [-0.05, 0) is 12.1 Å². The van der Waals surface area contributed by atoms with Crippen LogP contribution >= 0.6 is 0 Å². The molecule has 0 fully saturated rings. The van der Waals surface area contributed by atoms with E-state index in [0.717, 1.165) is 0 Å². The Hall–Kier alpha value is -0.314. The molecule has 1 radical (unpaired) electrons. The van der Waals surface area contributed by atoms with Crippen molar-refractivity contribution in [3.8, 4) is 0 Å². The van der Waals surface area contributed by atoms with E-state index >= 15 is 0 Å². The minimum Gasteiger partial charge on any atom is -0.462 e. The van der Waals surface area contributed by atoms with Gasteiger partial charge >= 0.3 is 0 Å². The first kappa shape index (κ1) is 8.69. The Morgan fingerprint density at radius 2 is 2.33 bits per heavy atom. The monoisotopic (exact) mass is 189 g/mol. The summed E-state index contributed by atoms with van der Waals surface area (Å²) < 4.78 is 4.78. The SMILES string of the molecule is O=C([SiH3])c1ccco1.[Cu]. The van der Waals surface area contributed by atoms with Gasteiger partial charge in [0.1, 0.15) is 0 Å². The molecule has 53 valence electrons. The van der Waals surface area contributed by atoms with Crippen molar-refractivity contribution in [2.45, 2.75) is 0 Å². The van der Waals surface area contributed by atoms with Crippen LogP contribution < -0.4 is 0 Å². The zero-order valence-corrected chi connectivity index (χ0v) is 7.79. The molecule has 0 atom stereocenters. The summed E-state index contributed by atoms with van der Waals surface area (Å²) in [7, 11) is 0.539. The van der Waals surface area contributed by atoms with Crippen molar-refractivity contribution in [1.82, 2.24) is 0 Å². The van der Waals surface area contributed by atoms with Crippen LogP contribution in [0.2, 0.25) is 0 Å². The largest absolute Gasteiger partial charge is 0.462 e. The minimum absolute atomic E-state index is 0. The van der Waals surface area contributed by atoms with Gasteiger partial charge in [0, 0.05) is 17.1 Å². The van der Waals surface area contributed by atoms with Gasteiger partial charge in [-0.3, -0.25) is 4.79 Å². The standard InChI is InChI=1S/C5H6O2Si.Cu/c6-5(8)4-2-1-3-7-4;/h1-3H,8H3;. The fourth-order valence-corrected chi connectivity index (χ4v) is 0.763. The fourth-order valence-electron chi connectivity index (χ4n) is 0.479. The van der Waals surface area contributed by atoms with Crippen molar-refractivity contribution >= 4 is 15.6 Å². The quantitative estimate of drug-likeness (QED) is 0.573. The fraction of sp³-hybridized carbons (Fsp3) is 0. The Morgan fingerprint density at radius 1 is 1.67 bits per heavy atom. The molecule has 1 heterocycles. The molecule has 1 rings (SSSR count). The molecule has 1 aromatic heterocycles.